The number of aromatic nitrogens is 2. The van der Waals surface area contributed by atoms with Crippen molar-refractivity contribution in [1.82, 2.24) is 20.2 Å². The molecule has 1 aromatic carbocycles. The first-order valence-corrected chi connectivity index (χ1v) is 8.18. The maximum absolute atomic E-state index is 12.3. The number of imidazole rings is 1. The van der Waals surface area contributed by atoms with E-state index in [1.165, 1.54) is 0 Å². The standard InChI is InChI=1S/C17H21ClN4O/c1-11-9-14(11)16(12-3-5-13(18)6-4-12)21-17(23)20-10-15-19-7-8-22(15)2/h3-8,11,14,16H,9-10H2,1-2H3,(H2,20,21,23)/t11-,14-,16+/m1/s1. The van der Waals surface area contributed by atoms with Crippen LogP contribution in [0.4, 0.5) is 4.79 Å². The van der Waals surface area contributed by atoms with Crippen LogP contribution < -0.4 is 10.6 Å². The lowest BCUT2D eigenvalue weighted by Crippen LogP contribution is -2.39. The summed E-state index contributed by atoms with van der Waals surface area (Å²) in [6, 6.07) is 7.54. The van der Waals surface area contributed by atoms with Crippen LogP contribution in [-0.2, 0) is 13.6 Å². The smallest absolute Gasteiger partial charge is 0.315 e. The van der Waals surface area contributed by atoms with Crippen LogP contribution in [0, 0.1) is 11.8 Å². The topological polar surface area (TPSA) is 59.0 Å². The van der Waals surface area contributed by atoms with Crippen molar-refractivity contribution >= 4 is 17.6 Å². The van der Waals surface area contributed by atoms with Crippen molar-refractivity contribution in [3.63, 3.8) is 0 Å². The average molecular weight is 333 g/mol. The SMILES string of the molecule is C[C@@H]1C[C@H]1[C@@H](NC(=O)NCc1nccn1C)c1ccc(Cl)cc1. The lowest BCUT2D eigenvalue weighted by molar-refractivity contribution is 0.234. The highest BCUT2D eigenvalue weighted by atomic mass is 35.5. The molecule has 0 saturated heterocycles. The normalized spacial score (nSPS) is 20.8. The van der Waals surface area contributed by atoms with Gasteiger partial charge < -0.3 is 15.2 Å². The number of carbonyl (C=O) groups is 1. The molecule has 5 nitrogen and oxygen atoms in total. The molecule has 1 saturated carbocycles. The molecule has 1 heterocycles. The molecule has 1 aromatic heterocycles. The predicted octanol–water partition coefficient (Wildman–Crippen LogP) is 3.27. The van der Waals surface area contributed by atoms with Gasteiger partial charge in [-0.15, -0.1) is 0 Å². The highest BCUT2D eigenvalue weighted by molar-refractivity contribution is 6.30. The molecule has 3 rings (SSSR count). The average Bonchev–Trinajstić information content (AvgIpc) is 3.10. The summed E-state index contributed by atoms with van der Waals surface area (Å²) in [6.07, 6.45) is 4.71. The molecular formula is C17H21ClN4O. The first kappa shape index (κ1) is 15.9. The largest absolute Gasteiger partial charge is 0.337 e. The van der Waals surface area contributed by atoms with E-state index in [9.17, 15) is 4.79 Å². The summed E-state index contributed by atoms with van der Waals surface area (Å²) < 4.78 is 1.89. The van der Waals surface area contributed by atoms with E-state index < -0.39 is 0 Å². The fourth-order valence-corrected chi connectivity index (χ4v) is 2.97. The summed E-state index contributed by atoms with van der Waals surface area (Å²) >= 11 is 5.96. The van der Waals surface area contributed by atoms with Crippen molar-refractivity contribution in [3.05, 3.63) is 53.1 Å². The summed E-state index contributed by atoms with van der Waals surface area (Å²) in [5.41, 5.74) is 1.09. The molecule has 122 valence electrons. The van der Waals surface area contributed by atoms with E-state index in [1.807, 2.05) is 42.1 Å². The number of amides is 2. The minimum Gasteiger partial charge on any atom is -0.337 e. The lowest BCUT2D eigenvalue weighted by Gasteiger charge is -2.20. The van der Waals surface area contributed by atoms with Crippen molar-refractivity contribution in [2.24, 2.45) is 18.9 Å². The van der Waals surface area contributed by atoms with Crippen LogP contribution in [-0.4, -0.2) is 15.6 Å². The number of urea groups is 1. The van der Waals surface area contributed by atoms with E-state index in [4.69, 9.17) is 11.6 Å². The van der Waals surface area contributed by atoms with E-state index in [0.717, 1.165) is 17.8 Å². The number of nitrogens with zero attached hydrogens (tertiary/aromatic N) is 2. The fraction of sp³-hybridized carbons (Fsp3) is 0.412. The van der Waals surface area contributed by atoms with Gasteiger partial charge in [0.25, 0.3) is 0 Å². The second-order valence-electron chi connectivity index (χ2n) is 6.19. The molecular weight excluding hydrogens is 312 g/mol. The molecule has 1 fully saturated rings. The van der Waals surface area contributed by atoms with Gasteiger partial charge in [0.2, 0.25) is 0 Å². The molecule has 0 spiro atoms. The van der Waals surface area contributed by atoms with E-state index in [2.05, 4.69) is 22.5 Å². The van der Waals surface area contributed by atoms with Crippen molar-refractivity contribution < 1.29 is 4.79 Å². The van der Waals surface area contributed by atoms with Gasteiger partial charge in [-0.25, -0.2) is 9.78 Å². The first-order valence-electron chi connectivity index (χ1n) is 7.80. The maximum Gasteiger partial charge on any atom is 0.315 e. The van der Waals surface area contributed by atoms with Crippen LogP contribution in [0.1, 0.15) is 30.8 Å². The number of hydrogen-bond donors (Lipinski definition) is 2. The Morgan fingerprint density at radius 2 is 2.13 bits per heavy atom. The zero-order valence-corrected chi connectivity index (χ0v) is 14.0. The van der Waals surface area contributed by atoms with Crippen molar-refractivity contribution in [3.8, 4) is 0 Å². The maximum atomic E-state index is 12.3. The highest BCUT2D eigenvalue weighted by Gasteiger charge is 2.40. The zero-order chi connectivity index (χ0) is 16.4. The minimum atomic E-state index is -0.174. The molecule has 6 heteroatoms. The van der Waals surface area contributed by atoms with E-state index in [-0.39, 0.29) is 12.1 Å². The van der Waals surface area contributed by atoms with E-state index >= 15 is 0 Å². The molecule has 3 atom stereocenters. The van der Waals surface area contributed by atoms with Gasteiger partial charge in [-0.05, 0) is 36.0 Å². The number of benzene rings is 1. The number of nitrogens with one attached hydrogen (secondary N) is 2. The van der Waals surface area contributed by atoms with Crippen molar-refractivity contribution in [2.75, 3.05) is 0 Å². The van der Waals surface area contributed by atoms with Gasteiger partial charge in [0.1, 0.15) is 5.82 Å². The molecule has 1 aliphatic carbocycles. The summed E-state index contributed by atoms with van der Waals surface area (Å²) in [7, 11) is 1.91. The molecule has 0 aliphatic heterocycles. The predicted molar refractivity (Wildman–Crippen MR) is 90.0 cm³/mol. The van der Waals surface area contributed by atoms with Crippen LogP contribution in [0.5, 0.6) is 0 Å². The van der Waals surface area contributed by atoms with Crippen LogP contribution in [0.3, 0.4) is 0 Å². The van der Waals surface area contributed by atoms with Gasteiger partial charge in [-0.3, -0.25) is 0 Å². The molecule has 2 N–H and O–H groups in total. The first-order chi connectivity index (χ1) is 11.0. The van der Waals surface area contributed by atoms with Crippen LogP contribution in [0.25, 0.3) is 0 Å². The number of carbonyl (C=O) groups excluding carboxylic acids is 1. The van der Waals surface area contributed by atoms with Crippen molar-refractivity contribution in [1.29, 1.82) is 0 Å². The Morgan fingerprint density at radius 1 is 1.43 bits per heavy atom. The second kappa shape index (κ2) is 6.62. The summed E-state index contributed by atoms with van der Waals surface area (Å²) in [5.74, 6) is 1.93. The Morgan fingerprint density at radius 3 is 2.70 bits per heavy atom. The van der Waals surface area contributed by atoms with Gasteiger partial charge in [-0.2, -0.15) is 0 Å². The van der Waals surface area contributed by atoms with Crippen LogP contribution >= 0.6 is 11.6 Å². The molecule has 2 amide bonds. The Balaban J connectivity index is 1.63. The number of rotatable bonds is 5. The molecule has 0 radical (unpaired) electrons. The third-order valence-corrected chi connectivity index (χ3v) is 4.70. The van der Waals surface area contributed by atoms with Gasteiger partial charge >= 0.3 is 6.03 Å². The summed E-state index contributed by atoms with van der Waals surface area (Å²) in [6.45, 7) is 2.62. The Bertz CT molecular complexity index is 682. The van der Waals surface area contributed by atoms with Crippen LogP contribution in [0.15, 0.2) is 36.7 Å². The van der Waals surface area contributed by atoms with Gasteiger partial charge in [0.05, 0.1) is 12.6 Å². The zero-order valence-electron chi connectivity index (χ0n) is 13.3. The van der Waals surface area contributed by atoms with E-state index in [0.29, 0.717) is 23.4 Å². The Kier molecular flexibility index (Phi) is 4.57. The highest BCUT2D eigenvalue weighted by Crippen LogP contribution is 2.47. The molecule has 23 heavy (non-hydrogen) atoms. The van der Waals surface area contributed by atoms with E-state index in [1.54, 1.807) is 6.20 Å². The molecule has 0 bridgehead atoms. The third-order valence-electron chi connectivity index (χ3n) is 4.44. The molecule has 0 unspecified atom stereocenters. The quantitative estimate of drug-likeness (QED) is 0.882. The van der Waals surface area contributed by atoms with Crippen LogP contribution in [0.2, 0.25) is 5.02 Å². The summed E-state index contributed by atoms with van der Waals surface area (Å²) in [5, 5.41) is 6.68. The second-order valence-corrected chi connectivity index (χ2v) is 6.62. The molecule has 1 aliphatic rings. The van der Waals surface area contributed by atoms with Gasteiger partial charge in [-0.1, -0.05) is 30.7 Å². The summed E-state index contributed by atoms with van der Waals surface area (Å²) in [4.78, 5) is 16.5. The Labute approximate surface area is 141 Å². The minimum absolute atomic E-state index is 0.0173. The van der Waals surface area contributed by atoms with Gasteiger partial charge in [0.15, 0.2) is 0 Å². The monoisotopic (exact) mass is 332 g/mol. The fourth-order valence-electron chi connectivity index (χ4n) is 2.84. The lowest BCUT2D eigenvalue weighted by atomic mass is 10.0. The molecule has 2 aromatic rings. The van der Waals surface area contributed by atoms with Gasteiger partial charge in [0, 0.05) is 24.5 Å². The number of hydrogen-bond acceptors (Lipinski definition) is 2. The number of aryl methyl sites for hydroxylation is 1. The van der Waals surface area contributed by atoms with Crippen molar-refractivity contribution in [2.45, 2.75) is 25.9 Å². The third kappa shape index (κ3) is 3.85. The number of halogens is 1. The Hall–Kier alpha value is -2.01.